The van der Waals surface area contributed by atoms with E-state index in [-0.39, 0.29) is 22.2 Å². The predicted octanol–water partition coefficient (Wildman–Crippen LogP) is 1.91. The quantitative estimate of drug-likeness (QED) is 0.698. The molecule has 1 fully saturated rings. The van der Waals surface area contributed by atoms with Crippen LogP contribution in [0.4, 0.5) is 5.69 Å². The molecule has 1 aliphatic rings. The summed E-state index contributed by atoms with van der Waals surface area (Å²) < 4.78 is 5.20. The maximum absolute atomic E-state index is 12.2. The molecule has 1 aromatic carbocycles. The van der Waals surface area contributed by atoms with Crippen molar-refractivity contribution in [3.05, 3.63) is 28.8 Å². The van der Waals surface area contributed by atoms with Crippen LogP contribution in [-0.2, 0) is 14.3 Å². The fourth-order valence-corrected chi connectivity index (χ4v) is 2.59. The van der Waals surface area contributed by atoms with E-state index in [9.17, 15) is 14.4 Å². The molecule has 0 spiro atoms. The number of halogens is 1. The van der Waals surface area contributed by atoms with Gasteiger partial charge >= 0.3 is 11.9 Å². The highest BCUT2D eigenvalue weighted by Crippen LogP contribution is 2.21. The number of hydrogen-bond donors (Lipinski definition) is 3. The van der Waals surface area contributed by atoms with E-state index < -0.39 is 23.9 Å². The molecule has 1 amide bonds. The van der Waals surface area contributed by atoms with Crippen molar-refractivity contribution in [2.75, 3.05) is 18.4 Å². The summed E-state index contributed by atoms with van der Waals surface area (Å²) in [7, 11) is 0. The monoisotopic (exact) mass is 354 g/mol. The minimum absolute atomic E-state index is 0.0988. The van der Waals surface area contributed by atoms with Gasteiger partial charge in [0, 0.05) is 5.02 Å². The van der Waals surface area contributed by atoms with Crippen molar-refractivity contribution in [3.8, 4) is 0 Å². The van der Waals surface area contributed by atoms with Gasteiger partial charge in [0.1, 0.15) is 0 Å². The first-order valence-electron chi connectivity index (χ1n) is 7.63. The van der Waals surface area contributed by atoms with Crippen LogP contribution in [0.3, 0.4) is 0 Å². The molecule has 0 aromatic heterocycles. The Morgan fingerprint density at radius 1 is 1.33 bits per heavy atom. The molecule has 7 nitrogen and oxygen atoms in total. The maximum atomic E-state index is 12.2. The number of carbonyl (C=O) groups excluding carboxylic acids is 2. The molecule has 0 bridgehead atoms. The number of anilines is 1. The van der Waals surface area contributed by atoms with Crippen LogP contribution < -0.4 is 10.6 Å². The Morgan fingerprint density at radius 3 is 2.62 bits per heavy atom. The summed E-state index contributed by atoms with van der Waals surface area (Å²) in [6, 6.07) is 4.10. The molecular weight excluding hydrogens is 336 g/mol. The molecule has 1 unspecified atom stereocenters. The topological polar surface area (TPSA) is 105 Å². The molecule has 3 N–H and O–H groups in total. The number of nitrogens with one attached hydrogen (secondary N) is 2. The average Bonchev–Trinajstić information content (AvgIpc) is 2.56. The Labute approximate surface area is 144 Å². The van der Waals surface area contributed by atoms with Gasteiger partial charge in [-0.05, 0) is 51.1 Å². The van der Waals surface area contributed by atoms with Crippen molar-refractivity contribution in [1.29, 1.82) is 0 Å². The van der Waals surface area contributed by atoms with Crippen LogP contribution in [0.15, 0.2) is 18.2 Å². The molecule has 0 aliphatic carbocycles. The van der Waals surface area contributed by atoms with Crippen LogP contribution in [0.2, 0.25) is 5.02 Å². The number of amides is 1. The normalized spacial score (nSPS) is 16.2. The Balaban J connectivity index is 1.99. The third-order valence-electron chi connectivity index (χ3n) is 3.80. The first-order chi connectivity index (χ1) is 11.4. The fourth-order valence-electron chi connectivity index (χ4n) is 2.42. The van der Waals surface area contributed by atoms with E-state index in [4.69, 9.17) is 21.4 Å². The summed E-state index contributed by atoms with van der Waals surface area (Å²) in [6.45, 7) is 2.94. The number of piperidine rings is 1. The van der Waals surface area contributed by atoms with E-state index in [1.54, 1.807) is 0 Å². The summed E-state index contributed by atoms with van der Waals surface area (Å²) in [5.74, 6) is -2.44. The number of carbonyl (C=O) groups is 3. The van der Waals surface area contributed by atoms with Gasteiger partial charge in [-0.2, -0.15) is 0 Å². The molecule has 1 aromatic rings. The van der Waals surface area contributed by atoms with Gasteiger partial charge in [0.25, 0.3) is 5.91 Å². The first-order valence-corrected chi connectivity index (χ1v) is 8.01. The first kappa shape index (κ1) is 18.2. The Hall–Kier alpha value is -2.12. The van der Waals surface area contributed by atoms with Gasteiger partial charge in [0.05, 0.1) is 17.2 Å². The number of carboxylic acids is 1. The van der Waals surface area contributed by atoms with Crippen molar-refractivity contribution >= 4 is 35.1 Å². The summed E-state index contributed by atoms with van der Waals surface area (Å²) in [5, 5.41) is 15.0. The van der Waals surface area contributed by atoms with E-state index in [0.717, 1.165) is 13.1 Å². The van der Waals surface area contributed by atoms with Crippen LogP contribution in [-0.4, -0.2) is 42.1 Å². The molecule has 0 saturated carbocycles. The van der Waals surface area contributed by atoms with Crippen molar-refractivity contribution in [2.45, 2.75) is 25.9 Å². The number of aromatic carboxylic acids is 1. The van der Waals surface area contributed by atoms with E-state index in [0.29, 0.717) is 12.8 Å². The van der Waals surface area contributed by atoms with Crippen molar-refractivity contribution < 1.29 is 24.2 Å². The van der Waals surface area contributed by atoms with Crippen molar-refractivity contribution in [3.63, 3.8) is 0 Å². The average molecular weight is 355 g/mol. The molecule has 8 heteroatoms. The zero-order valence-corrected chi connectivity index (χ0v) is 13.9. The lowest BCUT2D eigenvalue weighted by Crippen LogP contribution is -2.37. The van der Waals surface area contributed by atoms with Gasteiger partial charge in [-0.3, -0.25) is 9.59 Å². The third kappa shape index (κ3) is 4.69. The van der Waals surface area contributed by atoms with Gasteiger partial charge in [-0.15, -0.1) is 0 Å². The lowest BCUT2D eigenvalue weighted by Gasteiger charge is -2.23. The Bertz CT molecular complexity index is 643. The second-order valence-corrected chi connectivity index (χ2v) is 6.02. The lowest BCUT2D eigenvalue weighted by molar-refractivity contribution is -0.158. The van der Waals surface area contributed by atoms with E-state index >= 15 is 0 Å². The summed E-state index contributed by atoms with van der Waals surface area (Å²) in [5.41, 5.74) is -0.0330. The van der Waals surface area contributed by atoms with Gasteiger partial charge < -0.3 is 20.5 Å². The Morgan fingerprint density at radius 2 is 2.00 bits per heavy atom. The predicted molar refractivity (Wildman–Crippen MR) is 88.2 cm³/mol. The number of carboxylic acid groups (broad SMARTS) is 1. The second kappa shape index (κ2) is 8.12. The summed E-state index contributed by atoms with van der Waals surface area (Å²) in [4.78, 5) is 35.4. The molecule has 130 valence electrons. The van der Waals surface area contributed by atoms with Crippen LogP contribution in [0.5, 0.6) is 0 Å². The van der Waals surface area contributed by atoms with Gasteiger partial charge in [0.2, 0.25) is 0 Å². The standard InChI is InChI=1S/C16H19ClN2O5/c1-9(24-16(23)10-4-6-18-7-5-10)14(20)19-13-3-2-11(17)8-12(13)15(21)22/h2-3,8-10,18H,4-7H2,1H3,(H,19,20)(H,21,22). The molecule has 1 saturated heterocycles. The largest absolute Gasteiger partial charge is 0.478 e. The van der Waals surface area contributed by atoms with Crippen molar-refractivity contribution in [1.82, 2.24) is 5.32 Å². The SMILES string of the molecule is CC(OC(=O)C1CCNCC1)C(=O)Nc1ccc(Cl)cc1C(=O)O. The highest BCUT2D eigenvalue weighted by molar-refractivity contribution is 6.31. The molecular formula is C16H19ClN2O5. The van der Waals surface area contributed by atoms with Crippen LogP contribution >= 0.6 is 11.6 Å². The molecule has 1 heterocycles. The van der Waals surface area contributed by atoms with E-state index in [1.165, 1.54) is 25.1 Å². The van der Waals surface area contributed by atoms with Gasteiger partial charge in [0.15, 0.2) is 6.10 Å². The van der Waals surface area contributed by atoms with E-state index in [1.807, 2.05) is 0 Å². The minimum Gasteiger partial charge on any atom is -0.478 e. The van der Waals surface area contributed by atoms with Crippen LogP contribution in [0.25, 0.3) is 0 Å². The Kier molecular flexibility index (Phi) is 6.16. The number of ether oxygens (including phenoxy) is 1. The molecule has 2 rings (SSSR count). The van der Waals surface area contributed by atoms with Crippen LogP contribution in [0, 0.1) is 5.92 Å². The fraction of sp³-hybridized carbons (Fsp3) is 0.438. The summed E-state index contributed by atoms with van der Waals surface area (Å²) in [6.07, 6.45) is 0.325. The van der Waals surface area contributed by atoms with Gasteiger partial charge in [-0.25, -0.2) is 4.79 Å². The number of rotatable bonds is 5. The highest BCUT2D eigenvalue weighted by atomic mass is 35.5. The van der Waals surface area contributed by atoms with Crippen molar-refractivity contribution in [2.24, 2.45) is 5.92 Å². The third-order valence-corrected chi connectivity index (χ3v) is 4.04. The zero-order valence-electron chi connectivity index (χ0n) is 13.2. The number of hydrogen-bond acceptors (Lipinski definition) is 5. The summed E-state index contributed by atoms with van der Waals surface area (Å²) >= 11 is 5.76. The lowest BCUT2D eigenvalue weighted by atomic mass is 9.98. The maximum Gasteiger partial charge on any atom is 0.337 e. The smallest absolute Gasteiger partial charge is 0.337 e. The zero-order chi connectivity index (χ0) is 17.7. The molecule has 24 heavy (non-hydrogen) atoms. The minimum atomic E-state index is -1.22. The van der Waals surface area contributed by atoms with E-state index in [2.05, 4.69) is 10.6 Å². The van der Waals surface area contributed by atoms with Gasteiger partial charge in [-0.1, -0.05) is 11.6 Å². The molecule has 0 radical (unpaired) electrons. The second-order valence-electron chi connectivity index (χ2n) is 5.59. The highest BCUT2D eigenvalue weighted by Gasteiger charge is 2.26. The molecule has 1 aliphatic heterocycles. The van der Waals surface area contributed by atoms with Crippen LogP contribution in [0.1, 0.15) is 30.1 Å². The molecule has 1 atom stereocenters. The number of benzene rings is 1. The number of esters is 1.